The molecule has 0 fully saturated rings. The number of hydrogen-bond acceptors (Lipinski definition) is 2. The maximum absolute atomic E-state index is 12.0. The van der Waals surface area contributed by atoms with E-state index in [1.807, 2.05) is 18.3 Å². The van der Waals surface area contributed by atoms with E-state index in [1.54, 1.807) is 12.1 Å². The number of aryl methyl sites for hydroxylation is 1. The molecular weight excluding hydrogens is 325 g/mol. The van der Waals surface area contributed by atoms with Crippen LogP contribution in [0.5, 0.6) is 0 Å². The molecule has 0 aliphatic heterocycles. The third-order valence-corrected chi connectivity index (χ3v) is 2.91. The SMILES string of the molecule is Cc1cc(Br)ccc1NC(C)C(=O)NCC(F)(F)F. The van der Waals surface area contributed by atoms with Gasteiger partial charge in [-0.1, -0.05) is 15.9 Å². The Balaban J connectivity index is 2.59. The van der Waals surface area contributed by atoms with Gasteiger partial charge >= 0.3 is 6.18 Å². The van der Waals surface area contributed by atoms with Crippen molar-refractivity contribution in [3.63, 3.8) is 0 Å². The molecule has 1 aromatic carbocycles. The highest BCUT2D eigenvalue weighted by Gasteiger charge is 2.28. The Bertz CT molecular complexity index is 463. The predicted octanol–water partition coefficient (Wildman–Crippen LogP) is 3.24. The maximum atomic E-state index is 12.0. The fourth-order valence-electron chi connectivity index (χ4n) is 1.43. The van der Waals surface area contributed by atoms with Crippen LogP contribution in [0.25, 0.3) is 0 Å². The molecule has 1 unspecified atom stereocenters. The average Bonchev–Trinajstić information content (AvgIpc) is 2.28. The van der Waals surface area contributed by atoms with Crippen molar-refractivity contribution in [2.75, 3.05) is 11.9 Å². The molecule has 0 saturated heterocycles. The van der Waals surface area contributed by atoms with E-state index >= 15 is 0 Å². The van der Waals surface area contributed by atoms with Gasteiger partial charge in [-0.2, -0.15) is 13.2 Å². The minimum absolute atomic E-state index is 0.695. The smallest absolute Gasteiger partial charge is 0.374 e. The van der Waals surface area contributed by atoms with Gasteiger partial charge in [-0.25, -0.2) is 0 Å². The standard InChI is InChI=1S/C12H14BrF3N2O/c1-7-5-9(13)3-4-10(7)18-8(2)11(19)17-6-12(14,15)16/h3-5,8,18H,6H2,1-2H3,(H,17,19). The van der Waals surface area contributed by atoms with Crippen molar-refractivity contribution < 1.29 is 18.0 Å². The summed E-state index contributed by atoms with van der Waals surface area (Å²) in [6.45, 7) is 2.03. The molecule has 1 aromatic rings. The zero-order valence-electron chi connectivity index (χ0n) is 10.4. The molecule has 0 aliphatic carbocycles. The van der Waals surface area contributed by atoms with Gasteiger partial charge < -0.3 is 10.6 Å². The zero-order valence-corrected chi connectivity index (χ0v) is 12.0. The largest absolute Gasteiger partial charge is 0.405 e. The van der Waals surface area contributed by atoms with Gasteiger partial charge in [0.1, 0.15) is 12.6 Å². The maximum Gasteiger partial charge on any atom is 0.405 e. The summed E-state index contributed by atoms with van der Waals surface area (Å²) in [5.74, 6) is -0.695. The molecule has 0 radical (unpaired) electrons. The van der Waals surface area contributed by atoms with Crippen LogP contribution in [0.15, 0.2) is 22.7 Å². The summed E-state index contributed by atoms with van der Waals surface area (Å²) in [6, 6.07) is 4.65. The molecule has 0 aliphatic rings. The van der Waals surface area contributed by atoms with E-state index in [0.29, 0.717) is 5.69 Å². The van der Waals surface area contributed by atoms with Crippen molar-refractivity contribution in [3.05, 3.63) is 28.2 Å². The molecule has 0 saturated carbocycles. The van der Waals surface area contributed by atoms with Crippen LogP contribution in [0.4, 0.5) is 18.9 Å². The van der Waals surface area contributed by atoms with Gasteiger partial charge in [-0.3, -0.25) is 4.79 Å². The Labute approximate surface area is 117 Å². The first kappa shape index (κ1) is 15.8. The summed E-state index contributed by atoms with van der Waals surface area (Å²) < 4.78 is 36.8. The van der Waals surface area contributed by atoms with Gasteiger partial charge in [-0.15, -0.1) is 0 Å². The topological polar surface area (TPSA) is 41.1 Å². The van der Waals surface area contributed by atoms with Crippen molar-refractivity contribution in [2.45, 2.75) is 26.1 Å². The second kappa shape index (κ2) is 6.27. The highest BCUT2D eigenvalue weighted by Crippen LogP contribution is 2.20. The number of rotatable bonds is 4. The molecule has 2 N–H and O–H groups in total. The number of anilines is 1. The summed E-state index contributed by atoms with van der Waals surface area (Å²) >= 11 is 3.31. The quantitative estimate of drug-likeness (QED) is 0.884. The number of carbonyl (C=O) groups excluding carboxylic acids is 1. The Morgan fingerprint density at radius 2 is 2.05 bits per heavy atom. The van der Waals surface area contributed by atoms with Crippen molar-refractivity contribution in [1.29, 1.82) is 0 Å². The Morgan fingerprint density at radius 1 is 1.42 bits per heavy atom. The van der Waals surface area contributed by atoms with Gasteiger partial charge in [-0.05, 0) is 37.6 Å². The Hall–Kier alpha value is -1.24. The molecule has 7 heteroatoms. The molecular formula is C12H14BrF3N2O. The summed E-state index contributed by atoms with van der Waals surface area (Å²) in [5.41, 5.74) is 1.60. The molecule has 0 aromatic heterocycles. The molecule has 106 valence electrons. The lowest BCUT2D eigenvalue weighted by atomic mass is 10.2. The third kappa shape index (κ3) is 5.50. The monoisotopic (exact) mass is 338 g/mol. The second-order valence-electron chi connectivity index (χ2n) is 4.16. The van der Waals surface area contributed by atoms with E-state index in [2.05, 4.69) is 21.2 Å². The number of benzene rings is 1. The number of halogens is 4. The van der Waals surface area contributed by atoms with Gasteiger partial charge in [0.05, 0.1) is 0 Å². The van der Waals surface area contributed by atoms with Crippen LogP contribution >= 0.6 is 15.9 Å². The minimum Gasteiger partial charge on any atom is -0.374 e. The molecule has 1 amide bonds. The molecule has 1 rings (SSSR count). The second-order valence-corrected chi connectivity index (χ2v) is 5.07. The first-order chi connectivity index (χ1) is 8.69. The molecule has 1 atom stereocenters. The van der Waals surface area contributed by atoms with E-state index in [9.17, 15) is 18.0 Å². The fraction of sp³-hybridized carbons (Fsp3) is 0.417. The Morgan fingerprint density at radius 3 is 2.58 bits per heavy atom. The first-order valence-corrected chi connectivity index (χ1v) is 6.35. The molecule has 0 bridgehead atoms. The van der Waals surface area contributed by atoms with Crippen LogP contribution < -0.4 is 10.6 Å². The predicted molar refractivity (Wildman–Crippen MR) is 71.0 cm³/mol. The summed E-state index contributed by atoms with van der Waals surface area (Å²) in [7, 11) is 0. The first-order valence-electron chi connectivity index (χ1n) is 5.56. The number of hydrogen-bond donors (Lipinski definition) is 2. The number of amides is 1. The van der Waals surface area contributed by atoms with Crippen LogP contribution in [0.3, 0.4) is 0 Å². The van der Waals surface area contributed by atoms with Gasteiger partial charge in [0.2, 0.25) is 5.91 Å². The van der Waals surface area contributed by atoms with Crippen LogP contribution in [0, 0.1) is 6.92 Å². The van der Waals surface area contributed by atoms with Crippen LogP contribution in [0.2, 0.25) is 0 Å². The third-order valence-electron chi connectivity index (χ3n) is 2.42. The van der Waals surface area contributed by atoms with E-state index in [0.717, 1.165) is 10.0 Å². The molecule has 3 nitrogen and oxygen atoms in total. The summed E-state index contributed by atoms with van der Waals surface area (Å²) in [5, 5.41) is 4.71. The lowest BCUT2D eigenvalue weighted by Gasteiger charge is -2.17. The lowest BCUT2D eigenvalue weighted by Crippen LogP contribution is -2.42. The van der Waals surface area contributed by atoms with Gasteiger partial charge in [0.25, 0.3) is 0 Å². The highest BCUT2D eigenvalue weighted by atomic mass is 79.9. The van der Waals surface area contributed by atoms with Crippen LogP contribution in [-0.4, -0.2) is 24.7 Å². The van der Waals surface area contributed by atoms with Crippen molar-refractivity contribution in [2.24, 2.45) is 0 Å². The van der Waals surface area contributed by atoms with Crippen LogP contribution in [-0.2, 0) is 4.79 Å². The van der Waals surface area contributed by atoms with Gasteiger partial charge in [0, 0.05) is 10.2 Å². The minimum atomic E-state index is -4.40. The van der Waals surface area contributed by atoms with Crippen molar-refractivity contribution in [1.82, 2.24) is 5.32 Å². The van der Waals surface area contributed by atoms with Crippen LogP contribution in [0.1, 0.15) is 12.5 Å². The van der Waals surface area contributed by atoms with E-state index < -0.39 is 24.7 Å². The highest BCUT2D eigenvalue weighted by molar-refractivity contribution is 9.10. The molecule has 0 heterocycles. The summed E-state index contributed by atoms with van der Waals surface area (Å²) in [6.07, 6.45) is -4.40. The zero-order chi connectivity index (χ0) is 14.6. The number of alkyl halides is 3. The number of carbonyl (C=O) groups is 1. The molecule has 0 spiro atoms. The molecule has 19 heavy (non-hydrogen) atoms. The van der Waals surface area contributed by atoms with E-state index in [-0.39, 0.29) is 0 Å². The lowest BCUT2D eigenvalue weighted by molar-refractivity contribution is -0.138. The average molecular weight is 339 g/mol. The number of nitrogens with one attached hydrogen (secondary N) is 2. The van der Waals surface area contributed by atoms with E-state index in [4.69, 9.17) is 0 Å². The van der Waals surface area contributed by atoms with Crippen molar-refractivity contribution >= 4 is 27.5 Å². The Kier molecular flexibility index (Phi) is 5.22. The van der Waals surface area contributed by atoms with Gasteiger partial charge in [0.15, 0.2) is 0 Å². The summed E-state index contributed by atoms with van der Waals surface area (Å²) in [4.78, 5) is 11.5. The van der Waals surface area contributed by atoms with Crippen molar-refractivity contribution in [3.8, 4) is 0 Å². The fourth-order valence-corrected chi connectivity index (χ4v) is 1.90. The van der Waals surface area contributed by atoms with E-state index in [1.165, 1.54) is 6.92 Å². The normalized spacial score (nSPS) is 12.9.